The Morgan fingerprint density at radius 1 is 1.27 bits per heavy atom. The average Bonchev–Trinajstić information content (AvgIpc) is 2.21. The topological polar surface area (TPSA) is 38.3 Å². The second kappa shape index (κ2) is 10.1. The molecule has 0 bridgehead atoms. The zero-order valence-corrected chi connectivity index (χ0v) is 10.3. The van der Waals surface area contributed by atoms with E-state index in [9.17, 15) is 4.79 Å². The lowest BCUT2D eigenvalue weighted by Crippen LogP contribution is -2.16. The van der Waals surface area contributed by atoms with Crippen LogP contribution in [0, 0.1) is 5.92 Å². The van der Waals surface area contributed by atoms with E-state index >= 15 is 0 Å². The zero-order valence-electron chi connectivity index (χ0n) is 10.3. The molecule has 1 N–H and O–H groups in total. The summed E-state index contributed by atoms with van der Waals surface area (Å²) < 4.78 is 5.29. The minimum atomic E-state index is 0.0961. The molecule has 0 unspecified atom stereocenters. The molecule has 0 aromatic heterocycles. The van der Waals surface area contributed by atoms with Gasteiger partial charge in [-0.15, -0.1) is 0 Å². The molecule has 0 radical (unpaired) electrons. The van der Waals surface area contributed by atoms with Gasteiger partial charge in [0.15, 0.2) is 5.78 Å². The van der Waals surface area contributed by atoms with Gasteiger partial charge in [-0.2, -0.15) is 0 Å². The third-order valence-electron chi connectivity index (χ3n) is 2.28. The van der Waals surface area contributed by atoms with Crippen molar-refractivity contribution in [2.45, 2.75) is 40.0 Å². The third-order valence-corrected chi connectivity index (χ3v) is 2.28. The van der Waals surface area contributed by atoms with E-state index in [-0.39, 0.29) is 18.3 Å². The fourth-order valence-electron chi connectivity index (χ4n) is 1.15. The first-order valence-corrected chi connectivity index (χ1v) is 5.99. The summed E-state index contributed by atoms with van der Waals surface area (Å²) in [6.45, 7) is 9.04. The highest BCUT2D eigenvalue weighted by atomic mass is 16.5. The first kappa shape index (κ1) is 14.6. The van der Waals surface area contributed by atoms with Crippen LogP contribution < -0.4 is 5.32 Å². The lowest BCUT2D eigenvalue weighted by atomic mass is 10.1. The smallest absolute Gasteiger partial charge is 0.160 e. The molecule has 0 aromatic carbocycles. The number of unbranched alkanes of at least 4 members (excludes halogenated alkanes) is 2. The van der Waals surface area contributed by atoms with Gasteiger partial charge in [0, 0.05) is 12.5 Å². The maximum absolute atomic E-state index is 11.2. The lowest BCUT2D eigenvalue weighted by molar-refractivity contribution is -0.126. The van der Waals surface area contributed by atoms with Crippen molar-refractivity contribution >= 4 is 5.78 Å². The van der Waals surface area contributed by atoms with E-state index < -0.39 is 0 Å². The normalized spacial score (nSPS) is 10.9. The summed E-state index contributed by atoms with van der Waals surface area (Å²) in [5.41, 5.74) is 0. The number of ketones is 1. The number of hydrogen-bond donors (Lipinski definition) is 1. The van der Waals surface area contributed by atoms with Crippen LogP contribution in [0.4, 0.5) is 0 Å². The summed E-state index contributed by atoms with van der Waals surface area (Å²) >= 11 is 0. The molecular weight excluding hydrogens is 190 g/mol. The molecule has 0 spiro atoms. The van der Waals surface area contributed by atoms with Crippen LogP contribution in [0.1, 0.15) is 40.0 Å². The number of Topliss-reactive ketones (excluding diaryl/α,β-unsaturated/α-hetero) is 1. The standard InChI is InChI=1S/C12H25NO2/c1-4-13-8-6-5-7-9-15-10-12(14)11(2)3/h11,13H,4-10H2,1-3H3. The Morgan fingerprint density at radius 2 is 2.00 bits per heavy atom. The van der Waals surface area contributed by atoms with Gasteiger partial charge in [-0.05, 0) is 32.4 Å². The number of ether oxygens (including phenoxy) is 1. The molecule has 3 nitrogen and oxygen atoms in total. The number of carbonyl (C=O) groups excluding carboxylic acids is 1. The number of rotatable bonds is 10. The molecule has 90 valence electrons. The summed E-state index contributed by atoms with van der Waals surface area (Å²) in [7, 11) is 0. The molecule has 0 amide bonds. The summed E-state index contributed by atoms with van der Waals surface area (Å²) in [6, 6.07) is 0. The Labute approximate surface area is 93.6 Å². The fraction of sp³-hybridized carbons (Fsp3) is 0.917. The van der Waals surface area contributed by atoms with Crippen molar-refractivity contribution in [1.82, 2.24) is 5.32 Å². The van der Waals surface area contributed by atoms with Crippen LogP contribution in [-0.4, -0.2) is 32.1 Å². The predicted molar refractivity (Wildman–Crippen MR) is 63.1 cm³/mol. The van der Waals surface area contributed by atoms with E-state index in [0.717, 1.165) is 19.5 Å². The maximum Gasteiger partial charge on any atom is 0.160 e. The summed E-state index contributed by atoms with van der Waals surface area (Å²) in [4.78, 5) is 11.2. The Balaban J connectivity index is 3.08. The van der Waals surface area contributed by atoms with Gasteiger partial charge < -0.3 is 10.1 Å². The van der Waals surface area contributed by atoms with Crippen LogP contribution in [0.2, 0.25) is 0 Å². The van der Waals surface area contributed by atoms with Gasteiger partial charge in [-0.3, -0.25) is 4.79 Å². The summed E-state index contributed by atoms with van der Waals surface area (Å²) in [5, 5.41) is 3.28. The zero-order chi connectivity index (χ0) is 11.5. The third kappa shape index (κ3) is 9.88. The Morgan fingerprint density at radius 3 is 2.60 bits per heavy atom. The predicted octanol–water partition coefficient (Wildman–Crippen LogP) is 2.01. The molecule has 0 aliphatic rings. The van der Waals surface area contributed by atoms with Crippen molar-refractivity contribution in [3.05, 3.63) is 0 Å². The van der Waals surface area contributed by atoms with Gasteiger partial charge in [0.1, 0.15) is 6.61 Å². The minimum Gasteiger partial charge on any atom is -0.374 e. The van der Waals surface area contributed by atoms with E-state index in [1.165, 1.54) is 12.8 Å². The molecule has 0 aliphatic heterocycles. The summed E-state index contributed by atoms with van der Waals surface area (Å²) in [5.74, 6) is 0.293. The van der Waals surface area contributed by atoms with Crippen LogP contribution in [0.5, 0.6) is 0 Å². The Bertz CT molecular complexity index is 158. The molecule has 0 saturated carbocycles. The molecule has 0 saturated heterocycles. The highest BCUT2D eigenvalue weighted by Crippen LogP contribution is 1.98. The molecule has 0 atom stereocenters. The van der Waals surface area contributed by atoms with Gasteiger partial charge >= 0.3 is 0 Å². The largest absolute Gasteiger partial charge is 0.374 e. The van der Waals surface area contributed by atoms with Gasteiger partial charge in [-0.1, -0.05) is 20.8 Å². The van der Waals surface area contributed by atoms with Crippen LogP contribution in [-0.2, 0) is 9.53 Å². The van der Waals surface area contributed by atoms with E-state index in [1.54, 1.807) is 0 Å². The molecule has 0 heterocycles. The van der Waals surface area contributed by atoms with Crippen molar-refractivity contribution in [1.29, 1.82) is 0 Å². The van der Waals surface area contributed by atoms with Crippen LogP contribution in [0.15, 0.2) is 0 Å². The Kier molecular flexibility index (Phi) is 9.84. The van der Waals surface area contributed by atoms with E-state index in [4.69, 9.17) is 4.74 Å². The monoisotopic (exact) mass is 215 g/mol. The molecule has 0 aliphatic carbocycles. The number of carbonyl (C=O) groups is 1. The quantitative estimate of drug-likeness (QED) is 0.566. The van der Waals surface area contributed by atoms with Gasteiger partial charge in [0.25, 0.3) is 0 Å². The van der Waals surface area contributed by atoms with Crippen molar-refractivity contribution < 1.29 is 9.53 Å². The second-order valence-corrected chi connectivity index (χ2v) is 4.09. The summed E-state index contributed by atoms with van der Waals surface area (Å²) in [6.07, 6.45) is 3.41. The highest BCUT2D eigenvalue weighted by Gasteiger charge is 2.05. The fourth-order valence-corrected chi connectivity index (χ4v) is 1.15. The molecule has 0 aromatic rings. The van der Waals surface area contributed by atoms with Crippen molar-refractivity contribution in [2.75, 3.05) is 26.3 Å². The average molecular weight is 215 g/mol. The lowest BCUT2D eigenvalue weighted by Gasteiger charge is -2.05. The van der Waals surface area contributed by atoms with Gasteiger partial charge in [0.2, 0.25) is 0 Å². The highest BCUT2D eigenvalue weighted by molar-refractivity contribution is 5.81. The first-order chi connectivity index (χ1) is 7.18. The number of hydrogen-bond acceptors (Lipinski definition) is 3. The van der Waals surface area contributed by atoms with Crippen LogP contribution in [0.25, 0.3) is 0 Å². The molecule has 0 rings (SSSR count). The van der Waals surface area contributed by atoms with Gasteiger partial charge in [-0.25, -0.2) is 0 Å². The van der Waals surface area contributed by atoms with E-state index in [0.29, 0.717) is 6.61 Å². The van der Waals surface area contributed by atoms with Crippen LogP contribution in [0.3, 0.4) is 0 Å². The van der Waals surface area contributed by atoms with E-state index in [2.05, 4.69) is 12.2 Å². The first-order valence-electron chi connectivity index (χ1n) is 5.99. The van der Waals surface area contributed by atoms with Crippen molar-refractivity contribution in [3.63, 3.8) is 0 Å². The molecule has 0 fully saturated rings. The number of nitrogens with one attached hydrogen (secondary N) is 1. The van der Waals surface area contributed by atoms with Crippen LogP contribution >= 0.6 is 0 Å². The second-order valence-electron chi connectivity index (χ2n) is 4.09. The molecule has 15 heavy (non-hydrogen) atoms. The maximum atomic E-state index is 11.2. The Hall–Kier alpha value is -0.410. The van der Waals surface area contributed by atoms with E-state index in [1.807, 2.05) is 13.8 Å². The van der Waals surface area contributed by atoms with Crippen molar-refractivity contribution in [3.8, 4) is 0 Å². The minimum absolute atomic E-state index is 0.0961. The van der Waals surface area contributed by atoms with Gasteiger partial charge in [0.05, 0.1) is 0 Å². The molecular formula is C12H25NO2. The van der Waals surface area contributed by atoms with Crippen molar-refractivity contribution in [2.24, 2.45) is 5.92 Å². The molecule has 3 heteroatoms. The SMILES string of the molecule is CCNCCCCCOCC(=O)C(C)C.